The molecule has 0 saturated carbocycles. The number of carbonyl (C=O) groups is 2. The first-order valence-electron chi connectivity index (χ1n) is 5.74. The molecule has 1 heterocycles. The van der Waals surface area contributed by atoms with Gasteiger partial charge in [0.15, 0.2) is 0 Å². The van der Waals surface area contributed by atoms with Gasteiger partial charge in [-0.05, 0) is 19.8 Å². The van der Waals surface area contributed by atoms with Crippen molar-refractivity contribution in [1.82, 2.24) is 4.90 Å². The number of hydrogen-bond acceptors (Lipinski definition) is 3. The molecule has 0 aromatic rings. The summed E-state index contributed by atoms with van der Waals surface area (Å²) in [4.78, 5) is 24.9. The fraction of sp³-hybridized carbons (Fsp3) is 0.667. The van der Waals surface area contributed by atoms with E-state index in [2.05, 4.69) is 6.58 Å². The molecule has 4 heteroatoms. The van der Waals surface area contributed by atoms with Gasteiger partial charge >= 0.3 is 5.97 Å². The predicted octanol–water partition coefficient (Wildman–Crippen LogP) is 1.36. The molecule has 0 bridgehead atoms. The van der Waals surface area contributed by atoms with Crippen LogP contribution in [0.5, 0.6) is 0 Å². The average molecular weight is 225 g/mol. The van der Waals surface area contributed by atoms with E-state index < -0.39 is 0 Å². The predicted molar refractivity (Wildman–Crippen MR) is 60.8 cm³/mol. The van der Waals surface area contributed by atoms with Crippen molar-refractivity contribution in [2.24, 2.45) is 5.92 Å². The van der Waals surface area contributed by atoms with Gasteiger partial charge in [-0.2, -0.15) is 0 Å². The Morgan fingerprint density at radius 2 is 2.31 bits per heavy atom. The summed E-state index contributed by atoms with van der Waals surface area (Å²) in [5.74, 6) is -0.287. The van der Waals surface area contributed by atoms with Gasteiger partial charge < -0.3 is 9.64 Å². The molecule has 90 valence electrons. The summed E-state index contributed by atoms with van der Waals surface area (Å²) in [5.41, 5.74) is 0. The summed E-state index contributed by atoms with van der Waals surface area (Å²) in [6.45, 7) is 6.96. The first kappa shape index (κ1) is 12.7. The molecule has 0 N–H and O–H groups in total. The van der Waals surface area contributed by atoms with Crippen LogP contribution in [0.2, 0.25) is 0 Å². The lowest BCUT2D eigenvalue weighted by atomic mass is 9.98. The fourth-order valence-electron chi connectivity index (χ4n) is 1.91. The number of esters is 1. The molecule has 1 rings (SSSR count). The highest BCUT2D eigenvalue weighted by atomic mass is 16.5. The summed E-state index contributed by atoms with van der Waals surface area (Å²) < 4.78 is 4.97. The minimum Gasteiger partial charge on any atom is -0.466 e. The van der Waals surface area contributed by atoms with E-state index in [1.807, 2.05) is 0 Å². The summed E-state index contributed by atoms with van der Waals surface area (Å²) in [5, 5.41) is 0. The van der Waals surface area contributed by atoms with E-state index in [4.69, 9.17) is 4.74 Å². The van der Waals surface area contributed by atoms with Crippen LogP contribution in [0.25, 0.3) is 0 Å². The molecule has 0 aromatic carbocycles. The van der Waals surface area contributed by atoms with Crippen LogP contribution < -0.4 is 0 Å². The number of ether oxygens (including phenoxy) is 1. The van der Waals surface area contributed by atoms with Gasteiger partial charge in [-0.25, -0.2) is 0 Å². The monoisotopic (exact) mass is 225 g/mol. The van der Waals surface area contributed by atoms with E-state index in [1.54, 1.807) is 17.9 Å². The Morgan fingerprint density at radius 1 is 1.56 bits per heavy atom. The second-order valence-electron chi connectivity index (χ2n) is 3.92. The van der Waals surface area contributed by atoms with Crippen molar-refractivity contribution in [2.45, 2.75) is 26.2 Å². The lowest BCUT2D eigenvalue weighted by molar-refractivity contribution is -0.151. The van der Waals surface area contributed by atoms with Crippen LogP contribution in [0, 0.1) is 5.92 Å². The van der Waals surface area contributed by atoms with Crippen LogP contribution in [0.4, 0.5) is 0 Å². The fourth-order valence-corrected chi connectivity index (χ4v) is 1.91. The molecule has 0 spiro atoms. The zero-order valence-electron chi connectivity index (χ0n) is 9.78. The first-order valence-corrected chi connectivity index (χ1v) is 5.74. The SMILES string of the molecule is C=CCC(=O)N1CCC[C@H](C(=O)OCC)C1. The van der Waals surface area contributed by atoms with Gasteiger partial charge in [0.05, 0.1) is 12.5 Å². The lowest BCUT2D eigenvalue weighted by Gasteiger charge is -2.31. The molecule has 1 atom stereocenters. The zero-order chi connectivity index (χ0) is 12.0. The summed E-state index contributed by atoms with van der Waals surface area (Å²) in [7, 11) is 0. The van der Waals surface area contributed by atoms with E-state index >= 15 is 0 Å². The van der Waals surface area contributed by atoms with Crippen molar-refractivity contribution in [2.75, 3.05) is 19.7 Å². The van der Waals surface area contributed by atoms with Gasteiger partial charge in [0.2, 0.25) is 5.91 Å². The van der Waals surface area contributed by atoms with E-state index in [1.165, 1.54) is 0 Å². The van der Waals surface area contributed by atoms with Crippen LogP contribution in [-0.2, 0) is 14.3 Å². The maximum absolute atomic E-state index is 11.6. The number of likely N-dealkylation sites (tertiary alicyclic amines) is 1. The van der Waals surface area contributed by atoms with Crippen LogP contribution in [-0.4, -0.2) is 36.5 Å². The minimum absolute atomic E-state index is 0.0454. The van der Waals surface area contributed by atoms with Crippen LogP contribution in [0.3, 0.4) is 0 Å². The molecule has 1 aliphatic rings. The number of hydrogen-bond donors (Lipinski definition) is 0. The maximum atomic E-state index is 11.6. The Bertz CT molecular complexity index is 275. The first-order chi connectivity index (χ1) is 7.69. The van der Waals surface area contributed by atoms with E-state index in [0.29, 0.717) is 19.6 Å². The van der Waals surface area contributed by atoms with E-state index in [-0.39, 0.29) is 17.8 Å². The van der Waals surface area contributed by atoms with E-state index in [0.717, 1.165) is 19.4 Å². The third-order valence-corrected chi connectivity index (χ3v) is 2.71. The zero-order valence-corrected chi connectivity index (χ0v) is 9.78. The molecular weight excluding hydrogens is 206 g/mol. The van der Waals surface area contributed by atoms with E-state index in [9.17, 15) is 9.59 Å². The van der Waals surface area contributed by atoms with Gasteiger partial charge in [0, 0.05) is 19.5 Å². The highest BCUT2D eigenvalue weighted by molar-refractivity contribution is 5.79. The Hall–Kier alpha value is -1.32. The number of piperidine rings is 1. The lowest BCUT2D eigenvalue weighted by Crippen LogP contribution is -2.42. The van der Waals surface area contributed by atoms with Crippen molar-refractivity contribution in [3.05, 3.63) is 12.7 Å². The average Bonchev–Trinajstić information content (AvgIpc) is 2.30. The molecule has 0 aliphatic carbocycles. The topological polar surface area (TPSA) is 46.6 Å². The molecule has 0 unspecified atom stereocenters. The highest BCUT2D eigenvalue weighted by Gasteiger charge is 2.28. The Kier molecular flexibility index (Phi) is 5.02. The molecule has 1 saturated heterocycles. The number of rotatable bonds is 4. The van der Waals surface area contributed by atoms with Gasteiger partial charge in [-0.3, -0.25) is 9.59 Å². The van der Waals surface area contributed by atoms with Crippen molar-refractivity contribution in [3.8, 4) is 0 Å². The van der Waals surface area contributed by atoms with Crippen LogP contribution in [0.1, 0.15) is 26.2 Å². The normalized spacial score (nSPS) is 20.3. The molecule has 4 nitrogen and oxygen atoms in total. The Morgan fingerprint density at radius 3 is 2.94 bits per heavy atom. The van der Waals surface area contributed by atoms with Gasteiger partial charge in [-0.1, -0.05) is 6.08 Å². The third kappa shape index (κ3) is 3.36. The summed E-state index contributed by atoms with van der Waals surface area (Å²) in [6.07, 6.45) is 3.62. The summed E-state index contributed by atoms with van der Waals surface area (Å²) in [6, 6.07) is 0. The largest absolute Gasteiger partial charge is 0.466 e. The molecule has 0 aromatic heterocycles. The summed E-state index contributed by atoms with van der Waals surface area (Å²) >= 11 is 0. The second-order valence-corrected chi connectivity index (χ2v) is 3.92. The molecule has 16 heavy (non-hydrogen) atoms. The van der Waals surface area contributed by atoms with Gasteiger partial charge in [0.25, 0.3) is 0 Å². The quantitative estimate of drug-likeness (QED) is 0.536. The molecule has 1 fully saturated rings. The number of amides is 1. The molecule has 1 amide bonds. The van der Waals surface area contributed by atoms with Crippen molar-refractivity contribution in [1.29, 1.82) is 0 Å². The van der Waals surface area contributed by atoms with Crippen molar-refractivity contribution >= 4 is 11.9 Å². The molecule has 0 radical (unpaired) electrons. The molecular formula is C12H19NO3. The number of nitrogens with zero attached hydrogens (tertiary/aromatic N) is 1. The molecule has 1 aliphatic heterocycles. The van der Waals surface area contributed by atoms with Gasteiger partial charge in [-0.15, -0.1) is 6.58 Å². The van der Waals surface area contributed by atoms with Crippen LogP contribution >= 0.6 is 0 Å². The maximum Gasteiger partial charge on any atom is 0.310 e. The third-order valence-electron chi connectivity index (χ3n) is 2.71. The van der Waals surface area contributed by atoms with Crippen molar-refractivity contribution < 1.29 is 14.3 Å². The Labute approximate surface area is 96.3 Å². The standard InChI is InChI=1S/C12H19NO3/c1-3-6-11(14)13-8-5-7-10(9-13)12(15)16-4-2/h3,10H,1,4-9H2,2H3/t10-/m0/s1. The van der Waals surface area contributed by atoms with Crippen LogP contribution in [0.15, 0.2) is 12.7 Å². The minimum atomic E-state index is -0.182. The highest BCUT2D eigenvalue weighted by Crippen LogP contribution is 2.18. The Balaban J connectivity index is 2.49. The number of carbonyl (C=O) groups excluding carboxylic acids is 2. The smallest absolute Gasteiger partial charge is 0.310 e. The second kappa shape index (κ2) is 6.30. The van der Waals surface area contributed by atoms with Gasteiger partial charge in [0.1, 0.15) is 0 Å². The van der Waals surface area contributed by atoms with Crippen molar-refractivity contribution in [3.63, 3.8) is 0 Å².